The lowest BCUT2D eigenvalue weighted by Crippen LogP contribution is -2.25. The topological polar surface area (TPSA) is 72.6 Å². The van der Waals surface area contributed by atoms with Crippen molar-refractivity contribution < 1.29 is 9.53 Å². The molecule has 0 unspecified atom stereocenters. The number of aromatic nitrogens is 3. The molecule has 176 valence electrons. The zero-order chi connectivity index (χ0) is 24.2. The van der Waals surface area contributed by atoms with E-state index in [0.717, 1.165) is 34.7 Å². The van der Waals surface area contributed by atoms with Crippen LogP contribution in [0.5, 0.6) is 5.75 Å². The number of nitrogens with zero attached hydrogens (tertiary/aromatic N) is 5. The summed E-state index contributed by atoms with van der Waals surface area (Å²) in [5.41, 5.74) is 5.01. The van der Waals surface area contributed by atoms with E-state index >= 15 is 0 Å². The van der Waals surface area contributed by atoms with E-state index in [1.165, 1.54) is 17.3 Å². The van der Waals surface area contributed by atoms with Gasteiger partial charge in [0.2, 0.25) is 0 Å². The summed E-state index contributed by atoms with van der Waals surface area (Å²) in [5.74, 6) is 1.65. The number of carbonyl (C=O) groups excluding carboxylic acids is 1. The minimum Gasteiger partial charge on any atom is -0.497 e. The van der Waals surface area contributed by atoms with Crippen LogP contribution >= 0.6 is 11.8 Å². The smallest absolute Gasteiger partial charge is 0.253 e. The number of rotatable bonds is 7. The molecule has 0 aliphatic carbocycles. The van der Waals surface area contributed by atoms with Crippen molar-refractivity contribution in [2.24, 2.45) is 5.10 Å². The Hall–Kier alpha value is -3.91. The highest BCUT2D eigenvalue weighted by atomic mass is 32.2. The third-order valence-corrected chi connectivity index (χ3v) is 6.71. The number of aryl methyl sites for hydroxylation is 1. The molecule has 0 radical (unpaired) electrons. The third-order valence-electron chi connectivity index (χ3n) is 5.80. The second-order valence-electron chi connectivity index (χ2n) is 8.17. The quantitative estimate of drug-likeness (QED) is 0.347. The van der Waals surface area contributed by atoms with Crippen LogP contribution in [0.4, 0.5) is 0 Å². The van der Waals surface area contributed by atoms with Crippen LogP contribution in [-0.2, 0) is 4.79 Å². The van der Waals surface area contributed by atoms with E-state index in [-0.39, 0.29) is 11.7 Å². The Kier molecular flexibility index (Phi) is 6.63. The number of hydrogen-bond acceptors (Lipinski definition) is 6. The third kappa shape index (κ3) is 4.97. The lowest BCUT2D eigenvalue weighted by molar-refractivity contribution is -0.127. The first-order chi connectivity index (χ1) is 17.1. The van der Waals surface area contributed by atoms with Crippen LogP contribution in [-0.4, -0.2) is 50.8 Å². The highest BCUT2D eigenvalue weighted by Crippen LogP contribution is 2.29. The Labute approximate surface area is 208 Å². The first-order valence-electron chi connectivity index (χ1n) is 11.4. The van der Waals surface area contributed by atoms with Gasteiger partial charge in [0.25, 0.3) is 5.91 Å². The van der Waals surface area contributed by atoms with Crippen molar-refractivity contribution in [2.45, 2.75) is 18.5 Å². The van der Waals surface area contributed by atoms with Crippen LogP contribution < -0.4 is 4.74 Å². The van der Waals surface area contributed by atoms with Crippen LogP contribution in [0.15, 0.2) is 89.1 Å². The van der Waals surface area contributed by atoms with Gasteiger partial charge in [-0.2, -0.15) is 5.10 Å². The normalized spacial score (nSPS) is 13.1. The van der Waals surface area contributed by atoms with E-state index in [1.54, 1.807) is 12.1 Å². The van der Waals surface area contributed by atoms with E-state index in [2.05, 4.69) is 34.4 Å². The molecule has 0 N–H and O–H groups in total. The minimum absolute atomic E-state index is 0.0506. The molecule has 7 nitrogen and oxygen atoms in total. The molecule has 1 aliphatic heterocycles. The maximum atomic E-state index is 13.0. The lowest BCUT2D eigenvalue weighted by atomic mass is 10.1. The molecule has 0 saturated carbocycles. The van der Waals surface area contributed by atoms with Crippen LogP contribution in [0.2, 0.25) is 0 Å². The Morgan fingerprint density at radius 2 is 1.69 bits per heavy atom. The summed E-state index contributed by atoms with van der Waals surface area (Å²) < 4.78 is 7.28. The van der Waals surface area contributed by atoms with Gasteiger partial charge >= 0.3 is 0 Å². The number of ether oxygens (including phenoxy) is 1. The molecule has 8 heteroatoms. The van der Waals surface area contributed by atoms with E-state index in [4.69, 9.17) is 4.74 Å². The molecule has 35 heavy (non-hydrogen) atoms. The molecular weight excluding hydrogens is 458 g/mol. The molecule has 0 bridgehead atoms. The number of benzene rings is 3. The fourth-order valence-corrected chi connectivity index (χ4v) is 4.71. The molecule has 4 aromatic rings. The Morgan fingerprint density at radius 1 is 0.943 bits per heavy atom. The van der Waals surface area contributed by atoms with E-state index in [0.29, 0.717) is 17.5 Å². The molecular formula is C27H25N5O2S. The zero-order valence-electron chi connectivity index (χ0n) is 19.6. The predicted octanol–water partition coefficient (Wildman–Crippen LogP) is 4.98. The van der Waals surface area contributed by atoms with E-state index < -0.39 is 0 Å². The molecule has 0 saturated heterocycles. The highest BCUT2D eigenvalue weighted by Gasteiger charge is 2.23. The number of thioether (sulfide) groups is 1. The monoisotopic (exact) mass is 483 g/mol. The summed E-state index contributed by atoms with van der Waals surface area (Å²) in [7, 11) is 1.64. The first kappa shape index (κ1) is 22.9. The van der Waals surface area contributed by atoms with Gasteiger partial charge < -0.3 is 4.74 Å². The second-order valence-corrected chi connectivity index (χ2v) is 9.12. The molecule has 0 atom stereocenters. The minimum atomic E-state index is -0.0506. The Bertz CT molecular complexity index is 1350. The molecule has 1 aromatic heterocycles. The van der Waals surface area contributed by atoms with Crippen molar-refractivity contribution in [2.75, 3.05) is 19.4 Å². The highest BCUT2D eigenvalue weighted by molar-refractivity contribution is 7.99. The zero-order valence-corrected chi connectivity index (χ0v) is 20.4. The second kappa shape index (κ2) is 10.1. The van der Waals surface area contributed by atoms with Gasteiger partial charge in [-0.05, 0) is 48.9 Å². The van der Waals surface area contributed by atoms with Gasteiger partial charge in [0, 0.05) is 17.7 Å². The molecule has 2 heterocycles. The van der Waals surface area contributed by atoms with E-state index in [1.807, 2.05) is 71.3 Å². The van der Waals surface area contributed by atoms with Gasteiger partial charge in [0.05, 0.1) is 25.1 Å². The van der Waals surface area contributed by atoms with Gasteiger partial charge in [-0.1, -0.05) is 59.8 Å². The summed E-state index contributed by atoms with van der Waals surface area (Å²) in [5, 5.41) is 15.7. The molecule has 5 rings (SSSR count). The van der Waals surface area contributed by atoms with Crippen molar-refractivity contribution in [3.05, 3.63) is 90.0 Å². The standard InChI is InChI=1S/C27H25N5O2S/c1-19-8-12-22(13-9-19)32-26(21-10-14-23(34-2)15-11-21)28-29-27(32)35-18-25(33)31-17-16-24(30-31)20-6-4-3-5-7-20/h3-15H,16-18H2,1-2H3. The van der Waals surface area contributed by atoms with Gasteiger partial charge in [-0.15, -0.1) is 10.2 Å². The van der Waals surface area contributed by atoms with Gasteiger partial charge in [-0.3, -0.25) is 9.36 Å². The van der Waals surface area contributed by atoms with Gasteiger partial charge in [0.1, 0.15) is 5.75 Å². The number of methoxy groups -OCH3 is 1. The van der Waals surface area contributed by atoms with Crippen LogP contribution in [0.1, 0.15) is 17.5 Å². The summed E-state index contributed by atoms with van der Waals surface area (Å²) in [6, 6.07) is 25.9. The summed E-state index contributed by atoms with van der Waals surface area (Å²) >= 11 is 1.37. The van der Waals surface area contributed by atoms with Gasteiger partial charge in [0.15, 0.2) is 11.0 Å². The number of amides is 1. The van der Waals surface area contributed by atoms with Crippen molar-refractivity contribution in [3.8, 4) is 22.8 Å². The van der Waals surface area contributed by atoms with Crippen molar-refractivity contribution in [1.29, 1.82) is 0 Å². The van der Waals surface area contributed by atoms with Crippen molar-refractivity contribution in [3.63, 3.8) is 0 Å². The number of hydrazone groups is 1. The van der Waals surface area contributed by atoms with E-state index in [9.17, 15) is 4.79 Å². The average Bonchev–Trinajstić information content (AvgIpc) is 3.56. The SMILES string of the molecule is COc1ccc(-c2nnc(SCC(=O)N3CCC(c4ccccc4)=N3)n2-c2ccc(C)cc2)cc1. The summed E-state index contributed by atoms with van der Waals surface area (Å²) in [4.78, 5) is 13.0. The average molecular weight is 484 g/mol. The number of carbonyl (C=O) groups is 1. The molecule has 3 aromatic carbocycles. The molecule has 1 amide bonds. The van der Waals surface area contributed by atoms with Crippen molar-refractivity contribution >= 4 is 23.4 Å². The Morgan fingerprint density at radius 3 is 2.40 bits per heavy atom. The Balaban J connectivity index is 1.38. The predicted molar refractivity (Wildman–Crippen MR) is 138 cm³/mol. The van der Waals surface area contributed by atoms with Crippen LogP contribution in [0.25, 0.3) is 17.1 Å². The molecule has 1 aliphatic rings. The molecule has 0 spiro atoms. The van der Waals surface area contributed by atoms with Crippen LogP contribution in [0.3, 0.4) is 0 Å². The van der Waals surface area contributed by atoms with Crippen molar-refractivity contribution in [1.82, 2.24) is 19.8 Å². The molecule has 0 fully saturated rings. The maximum absolute atomic E-state index is 13.0. The van der Waals surface area contributed by atoms with Crippen LogP contribution in [0, 0.1) is 6.92 Å². The fraction of sp³-hybridized carbons (Fsp3) is 0.185. The number of hydrogen-bond donors (Lipinski definition) is 0. The summed E-state index contributed by atoms with van der Waals surface area (Å²) in [6.07, 6.45) is 0.752. The maximum Gasteiger partial charge on any atom is 0.253 e. The lowest BCUT2D eigenvalue weighted by Gasteiger charge is -2.13. The van der Waals surface area contributed by atoms with Gasteiger partial charge in [-0.25, -0.2) is 5.01 Å². The largest absolute Gasteiger partial charge is 0.497 e. The fourth-order valence-electron chi connectivity index (χ4n) is 3.89. The summed E-state index contributed by atoms with van der Waals surface area (Å²) in [6.45, 7) is 2.64. The first-order valence-corrected chi connectivity index (χ1v) is 12.3.